The molecule has 45 heavy (non-hydrogen) atoms. The van der Waals surface area contributed by atoms with Crippen molar-refractivity contribution >= 4 is 34.4 Å². The normalized spacial score (nSPS) is 13.9. The fraction of sp³-hybridized carbons (Fsp3) is 0.188. The number of aromatic amines is 1. The minimum atomic E-state index is -0.820. The second kappa shape index (κ2) is 13.8. The van der Waals surface area contributed by atoms with Gasteiger partial charge in [-0.3, -0.25) is 14.6 Å². The van der Waals surface area contributed by atoms with Crippen molar-refractivity contribution in [2.75, 3.05) is 45.0 Å². The average Bonchev–Trinajstić information content (AvgIpc) is 3.03. The molecule has 2 N–H and O–H groups in total. The van der Waals surface area contributed by atoms with Crippen LogP contribution in [0.5, 0.6) is 11.5 Å². The summed E-state index contributed by atoms with van der Waals surface area (Å²) in [6, 6.07) is 13.6. The van der Waals surface area contributed by atoms with E-state index in [1.165, 1.54) is 48.8 Å². The summed E-state index contributed by atoms with van der Waals surface area (Å²) in [5, 5.41) is 3.19. The second-order valence-electron chi connectivity index (χ2n) is 9.71. The molecule has 3 aromatic heterocycles. The molecule has 0 unspecified atom stereocenters. The van der Waals surface area contributed by atoms with Crippen LogP contribution in [-0.4, -0.2) is 60.5 Å². The number of hydrogen-bond acceptors (Lipinski definition) is 9. The summed E-state index contributed by atoms with van der Waals surface area (Å²) in [6.45, 7) is 2.34. The summed E-state index contributed by atoms with van der Waals surface area (Å²) >= 11 is 1.13. The number of carbonyl (C=O) groups is 1. The molecule has 2 aromatic carbocycles. The third-order valence-corrected chi connectivity index (χ3v) is 7.83. The van der Waals surface area contributed by atoms with Gasteiger partial charge in [-0.25, -0.2) is 9.37 Å². The van der Waals surface area contributed by atoms with Crippen molar-refractivity contribution in [2.24, 2.45) is 0 Å². The van der Waals surface area contributed by atoms with Crippen LogP contribution in [0.4, 0.5) is 14.6 Å². The predicted molar refractivity (Wildman–Crippen MR) is 163 cm³/mol. The fourth-order valence-electron chi connectivity index (χ4n) is 4.55. The Morgan fingerprint density at radius 3 is 2.29 bits per heavy atom. The highest BCUT2D eigenvalue weighted by Gasteiger charge is 2.18. The smallest absolute Gasteiger partial charge is 0.262 e. The third-order valence-electron chi connectivity index (χ3n) is 6.73. The number of aromatic nitrogens is 3. The number of H-pyrrole nitrogens is 1. The first-order valence-electron chi connectivity index (χ1n) is 13.9. The Balaban J connectivity index is 1.21. The van der Waals surface area contributed by atoms with Gasteiger partial charge in [-0.1, -0.05) is 23.9 Å². The molecule has 0 spiro atoms. The van der Waals surface area contributed by atoms with E-state index in [-0.39, 0.29) is 21.8 Å². The molecule has 0 atom stereocenters. The molecular weight excluding hydrogens is 606 g/mol. The molecule has 0 bridgehead atoms. The molecular formula is C32H26F2N4O6S. The molecule has 1 aliphatic heterocycles. The highest BCUT2D eigenvalue weighted by molar-refractivity contribution is 7.99. The van der Waals surface area contributed by atoms with E-state index >= 15 is 4.39 Å². The van der Waals surface area contributed by atoms with Crippen LogP contribution in [-0.2, 0) is 9.47 Å². The Hall–Kier alpha value is -4.85. The van der Waals surface area contributed by atoms with Gasteiger partial charge in [0, 0.05) is 40.5 Å². The van der Waals surface area contributed by atoms with E-state index in [0.717, 1.165) is 11.8 Å². The Bertz CT molecular complexity index is 1900. The van der Waals surface area contributed by atoms with Crippen molar-refractivity contribution in [3.63, 3.8) is 0 Å². The Morgan fingerprint density at radius 2 is 1.56 bits per heavy atom. The minimum Gasteiger partial charge on any atom is -0.487 e. The van der Waals surface area contributed by atoms with Crippen LogP contribution >= 0.6 is 11.8 Å². The quantitative estimate of drug-likeness (QED) is 0.243. The molecule has 0 saturated heterocycles. The maximum Gasteiger partial charge on any atom is 0.262 e. The molecule has 0 fully saturated rings. The molecule has 1 aliphatic rings. The Morgan fingerprint density at radius 1 is 0.844 bits per heavy atom. The predicted octanol–water partition coefficient (Wildman–Crippen LogP) is 5.47. The zero-order valence-corrected chi connectivity index (χ0v) is 24.5. The summed E-state index contributed by atoms with van der Waals surface area (Å²) in [5.41, 5.74) is 0.459. The van der Waals surface area contributed by atoms with Gasteiger partial charge in [0.25, 0.3) is 5.91 Å². The lowest BCUT2D eigenvalue weighted by Gasteiger charge is -2.16. The van der Waals surface area contributed by atoms with E-state index in [0.29, 0.717) is 72.5 Å². The number of rotatable bonds is 5. The molecule has 0 radical (unpaired) electrons. The largest absolute Gasteiger partial charge is 0.487 e. The van der Waals surface area contributed by atoms with Gasteiger partial charge in [-0.05, 0) is 42.0 Å². The third kappa shape index (κ3) is 7.11. The van der Waals surface area contributed by atoms with E-state index in [1.807, 2.05) is 0 Å². The van der Waals surface area contributed by atoms with Crippen molar-refractivity contribution in [1.29, 1.82) is 0 Å². The molecule has 6 rings (SSSR count). The van der Waals surface area contributed by atoms with Crippen molar-refractivity contribution in [3.8, 4) is 22.6 Å². The molecule has 1 amide bonds. The number of pyridine rings is 3. The number of carbonyl (C=O) groups excluding carboxylic acids is 1. The molecule has 0 aliphatic carbocycles. The summed E-state index contributed by atoms with van der Waals surface area (Å²) in [7, 11) is 0. The van der Waals surface area contributed by atoms with Crippen LogP contribution in [0.15, 0.2) is 87.8 Å². The zero-order valence-electron chi connectivity index (χ0n) is 23.7. The van der Waals surface area contributed by atoms with Gasteiger partial charge < -0.3 is 29.2 Å². The van der Waals surface area contributed by atoms with Crippen molar-refractivity contribution in [2.45, 2.75) is 9.79 Å². The lowest BCUT2D eigenvalue weighted by Crippen LogP contribution is -2.23. The van der Waals surface area contributed by atoms with Crippen molar-refractivity contribution in [1.82, 2.24) is 15.0 Å². The summed E-state index contributed by atoms with van der Waals surface area (Å²) in [5.74, 6) is -1.12. The fourth-order valence-corrected chi connectivity index (χ4v) is 5.46. The first-order valence-corrected chi connectivity index (χ1v) is 14.7. The number of ether oxygens (including phenoxy) is 4. The van der Waals surface area contributed by atoms with Crippen LogP contribution in [0.1, 0.15) is 10.4 Å². The van der Waals surface area contributed by atoms with Gasteiger partial charge in [-0.2, -0.15) is 4.39 Å². The highest BCUT2D eigenvalue weighted by atomic mass is 32.2. The topological polar surface area (TPSA) is 125 Å². The summed E-state index contributed by atoms with van der Waals surface area (Å²) in [4.78, 5) is 38.0. The van der Waals surface area contributed by atoms with Gasteiger partial charge in [0.15, 0.2) is 11.5 Å². The summed E-state index contributed by atoms with van der Waals surface area (Å²) in [6.07, 6.45) is 4.28. The van der Waals surface area contributed by atoms with E-state index in [1.54, 1.807) is 24.4 Å². The SMILES string of the molecule is O=C(Nc1ccc(Sc2ccnc3cc4c(cc23)OCCOCCOCCO4)c(F)n1)c1c[nH]cc(-c2ccc(F)cc2)c1=O. The van der Waals surface area contributed by atoms with Gasteiger partial charge >= 0.3 is 0 Å². The number of nitrogens with one attached hydrogen (secondary N) is 2. The Labute approximate surface area is 259 Å². The van der Waals surface area contributed by atoms with E-state index in [9.17, 15) is 14.0 Å². The number of anilines is 1. The van der Waals surface area contributed by atoms with Crippen LogP contribution < -0.4 is 20.2 Å². The monoisotopic (exact) mass is 632 g/mol. The molecule has 0 saturated carbocycles. The van der Waals surface area contributed by atoms with E-state index in [4.69, 9.17) is 18.9 Å². The van der Waals surface area contributed by atoms with Gasteiger partial charge in [-0.15, -0.1) is 0 Å². The van der Waals surface area contributed by atoms with Gasteiger partial charge in [0.1, 0.15) is 30.4 Å². The molecule has 10 nitrogen and oxygen atoms in total. The maximum absolute atomic E-state index is 15.2. The standard InChI is InChI=1S/C32H26F2N4O6S/c33-20-3-1-19(2-4-20)22-17-35-18-23(30(22)39)32(40)38-29-6-5-28(31(34)37-29)45-27-7-8-36-24-16-26-25(15-21(24)27)43-13-11-41-9-10-42-12-14-44-26/h1-8,15-18H,9-14H2,(H,35,39)(H,37,38,40). The average molecular weight is 633 g/mol. The molecule has 4 heterocycles. The van der Waals surface area contributed by atoms with E-state index < -0.39 is 23.1 Å². The lowest BCUT2D eigenvalue weighted by molar-refractivity contribution is 0.0224. The lowest BCUT2D eigenvalue weighted by atomic mass is 10.1. The number of amides is 1. The first kappa shape index (κ1) is 30.2. The maximum atomic E-state index is 15.2. The molecule has 5 aromatic rings. The Kier molecular flexibility index (Phi) is 9.29. The highest BCUT2D eigenvalue weighted by Crippen LogP contribution is 2.39. The number of fused-ring (bicyclic) bond motifs is 2. The van der Waals surface area contributed by atoms with Crippen LogP contribution in [0.2, 0.25) is 0 Å². The second-order valence-corrected chi connectivity index (χ2v) is 10.8. The zero-order chi connectivity index (χ0) is 31.2. The van der Waals surface area contributed by atoms with Gasteiger partial charge in [0.05, 0.1) is 36.8 Å². The van der Waals surface area contributed by atoms with Crippen molar-refractivity contribution < 1.29 is 32.5 Å². The van der Waals surface area contributed by atoms with E-state index in [2.05, 4.69) is 20.3 Å². The number of benzene rings is 2. The van der Waals surface area contributed by atoms with Crippen molar-refractivity contribution in [3.05, 3.63) is 101 Å². The van der Waals surface area contributed by atoms with Crippen LogP contribution in [0.3, 0.4) is 0 Å². The number of nitrogens with zero attached hydrogens (tertiary/aromatic N) is 2. The molecule has 230 valence electrons. The van der Waals surface area contributed by atoms with Crippen LogP contribution in [0, 0.1) is 11.8 Å². The number of halogens is 2. The van der Waals surface area contributed by atoms with Gasteiger partial charge in [0.2, 0.25) is 11.4 Å². The minimum absolute atomic E-state index is 0.0788. The van der Waals surface area contributed by atoms with Crippen LogP contribution in [0.25, 0.3) is 22.0 Å². The number of hydrogen-bond donors (Lipinski definition) is 2. The molecule has 13 heteroatoms. The first-order chi connectivity index (χ1) is 22.0. The summed E-state index contributed by atoms with van der Waals surface area (Å²) < 4.78 is 51.4.